The predicted octanol–water partition coefficient (Wildman–Crippen LogP) is 1.63. The summed E-state index contributed by atoms with van der Waals surface area (Å²) in [7, 11) is 0. The molecule has 0 bridgehead atoms. The van der Waals surface area contributed by atoms with Gasteiger partial charge in [0.05, 0.1) is 5.60 Å². The van der Waals surface area contributed by atoms with Gasteiger partial charge in [-0.15, -0.1) is 11.3 Å². The van der Waals surface area contributed by atoms with Gasteiger partial charge in [-0.3, -0.25) is 9.59 Å². The summed E-state index contributed by atoms with van der Waals surface area (Å²) in [5, 5.41) is 17.2. The average molecular weight is 299 g/mol. The maximum Gasteiger partial charge on any atom is 0.270 e. The maximum absolute atomic E-state index is 11.9. The van der Waals surface area contributed by atoms with Crippen molar-refractivity contribution in [2.24, 2.45) is 5.92 Å². The zero-order valence-electron chi connectivity index (χ0n) is 12.2. The van der Waals surface area contributed by atoms with Crippen molar-refractivity contribution in [3.05, 3.63) is 11.1 Å². The molecule has 1 aromatic heterocycles. The van der Waals surface area contributed by atoms with Gasteiger partial charge in [0.2, 0.25) is 5.91 Å². The summed E-state index contributed by atoms with van der Waals surface area (Å²) >= 11 is 1.18. The van der Waals surface area contributed by atoms with E-state index < -0.39 is 5.60 Å². The summed E-state index contributed by atoms with van der Waals surface area (Å²) in [6, 6.07) is 0. The molecule has 7 heteroatoms. The quantitative estimate of drug-likeness (QED) is 0.744. The topological polar surface area (TPSA) is 91.3 Å². The number of carbonyl (C=O) groups is 2. The lowest BCUT2D eigenvalue weighted by Crippen LogP contribution is -2.41. The molecule has 1 atom stereocenters. The highest BCUT2D eigenvalue weighted by atomic mass is 32.1. The highest BCUT2D eigenvalue weighted by molar-refractivity contribution is 7.14. The summed E-state index contributed by atoms with van der Waals surface area (Å²) in [5.74, 6) is -0.249. The third kappa shape index (κ3) is 5.66. The van der Waals surface area contributed by atoms with Crippen LogP contribution in [-0.4, -0.2) is 34.1 Å². The molecule has 0 aliphatic rings. The summed E-state index contributed by atoms with van der Waals surface area (Å²) in [5.41, 5.74) is -0.709. The van der Waals surface area contributed by atoms with Crippen molar-refractivity contribution >= 4 is 28.3 Å². The van der Waals surface area contributed by atoms with E-state index in [0.29, 0.717) is 17.5 Å². The van der Waals surface area contributed by atoms with E-state index in [4.69, 9.17) is 0 Å². The second kappa shape index (κ2) is 6.81. The first-order chi connectivity index (χ1) is 9.19. The van der Waals surface area contributed by atoms with Crippen molar-refractivity contribution < 1.29 is 14.7 Å². The highest BCUT2D eigenvalue weighted by Gasteiger charge is 2.23. The van der Waals surface area contributed by atoms with Crippen LogP contribution in [0.4, 0.5) is 5.13 Å². The number of nitrogens with one attached hydrogen (secondary N) is 2. The first-order valence-electron chi connectivity index (χ1n) is 6.43. The number of aliphatic hydroxyl groups is 1. The monoisotopic (exact) mass is 299 g/mol. The molecule has 1 aromatic rings. The minimum atomic E-state index is -0.944. The molecule has 3 N–H and O–H groups in total. The van der Waals surface area contributed by atoms with Gasteiger partial charge in [-0.25, -0.2) is 4.98 Å². The smallest absolute Gasteiger partial charge is 0.270 e. The average Bonchev–Trinajstić information content (AvgIpc) is 2.71. The molecular formula is C13H21N3O3S. The normalized spacial score (nSPS) is 13.9. The van der Waals surface area contributed by atoms with Crippen molar-refractivity contribution in [1.29, 1.82) is 0 Å². The molecular weight excluding hydrogens is 278 g/mol. The molecule has 0 fully saturated rings. The van der Waals surface area contributed by atoms with E-state index in [1.807, 2.05) is 13.8 Å². The van der Waals surface area contributed by atoms with Crippen LogP contribution in [0.25, 0.3) is 0 Å². The van der Waals surface area contributed by atoms with Crippen molar-refractivity contribution in [3.8, 4) is 0 Å². The number of hydrogen-bond acceptors (Lipinski definition) is 5. The summed E-state index contributed by atoms with van der Waals surface area (Å²) in [4.78, 5) is 26.8. The summed E-state index contributed by atoms with van der Waals surface area (Å²) < 4.78 is 0. The van der Waals surface area contributed by atoms with E-state index in [1.54, 1.807) is 12.3 Å². The van der Waals surface area contributed by atoms with Crippen molar-refractivity contribution in [2.75, 3.05) is 11.9 Å². The van der Waals surface area contributed by atoms with E-state index >= 15 is 0 Å². The Morgan fingerprint density at radius 1 is 1.50 bits per heavy atom. The first kappa shape index (κ1) is 16.6. The largest absolute Gasteiger partial charge is 0.388 e. The van der Waals surface area contributed by atoms with Gasteiger partial charge in [0.1, 0.15) is 5.69 Å². The molecule has 0 aliphatic carbocycles. The molecule has 20 heavy (non-hydrogen) atoms. The number of hydrogen-bond donors (Lipinski definition) is 3. The summed E-state index contributed by atoms with van der Waals surface area (Å²) in [6.07, 6.45) is 0.599. The number of carbonyl (C=O) groups excluding carboxylic acids is 2. The maximum atomic E-state index is 11.9. The molecule has 6 nitrogen and oxygen atoms in total. The predicted molar refractivity (Wildman–Crippen MR) is 78.8 cm³/mol. The van der Waals surface area contributed by atoms with Gasteiger partial charge >= 0.3 is 0 Å². The van der Waals surface area contributed by atoms with Crippen LogP contribution in [0.1, 0.15) is 44.6 Å². The Balaban J connectivity index is 2.54. The van der Waals surface area contributed by atoms with Crippen molar-refractivity contribution in [3.63, 3.8) is 0 Å². The van der Waals surface area contributed by atoms with Crippen LogP contribution < -0.4 is 10.6 Å². The summed E-state index contributed by atoms with van der Waals surface area (Å²) in [6.45, 7) is 7.26. The molecule has 1 heterocycles. The van der Waals surface area contributed by atoms with Crippen LogP contribution in [0, 0.1) is 5.92 Å². The molecule has 0 spiro atoms. The molecule has 112 valence electrons. The Morgan fingerprint density at radius 3 is 2.70 bits per heavy atom. The van der Waals surface area contributed by atoms with E-state index in [0.717, 1.165) is 0 Å². The third-order valence-corrected chi connectivity index (χ3v) is 3.26. The van der Waals surface area contributed by atoms with Crippen LogP contribution in [0.2, 0.25) is 0 Å². The number of amides is 2. The lowest BCUT2D eigenvalue weighted by Gasteiger charge is -2.25. The van der Waals surface area contributed by atoms with Gasteiger partial charge in [-0.05, 0) is 19.3 Å². The minimum Gasteiger partial charge on any atom is -0.388 e. The van der Waals surface area contributed by atoms with Gasteiger partial charge in [0.15, 0.2) is 5.13 Å². The molecule has 0 saturated carbocycles. The Labute approximate surface area is 122 Å². The number of rotatable bonds is 6. The third-order valence-electron chi connectivity index (χ3n) is 2.50. The zero-order chi connectivity index (χ0) is 15.3. The van der Waals surface area contributed by atoms with Gasteiger partial charge in [-0.2, -0.15) is 0 Å². The number of thiazole rings is 1. The Hall–Kier alpha value is -1.47. The van der Waals surface area contributed by atoms with E-state index in [1.165, 1.54) is 18.3 Å². The minimum absolute atomic E-state index is 0.164. The van der Waals surface area contributed by atoms with Gasteiger partial charge in [-0.1, -0.05) is 13.8 Å². The number of nitrogens with zero attached hydrogens (tertiary/aromatic N) is 1. The van der Waals surface area contributed by atoms with Crippen LogP contribution >= 0.6 is 11.3 Å². The Bertz CT molecular complexity index is 483. The molecule has 0 radical (unpaired) electrons. The van der Waals surface area contributed by atoms with Crippen molar-refractivity contribution in [2.45, 2.75) is 39.7 Å². The highest BCUT2D eigenvalue weighted by Crippen LogP contribution is 2.17. The Kier molecular flexibility index (Phi) is 5.64. The van der Waals surface area contributed by atoms with Crippen LogP contribution in [-0.2, 0) is 4.79 Å². The fourth-order valence-corrected chi connectivity index (χ4v) is 2.64. The van der Waals surface area contributed by atoms with E-state index in [-0.39, 0.29) is 24.1 Å². The van der Waals surface area contributed by atoms with Gasteiger partial charge in [0, 0.05) is 18.8 Å². The van der Waals surface area contributed by atoms with Gasteiger partial charge in [0.25, 0.3) is 5.91 Å². The van der Waals surface area contributed by atoms with Gasteiger partial charge < -0.3 is 15.7 Å². The van der Waals surface area contributed by atoms with Crippen LogP contribution in [0.5, 0.6) is 0 Å². The molecule has 0 aromatic carbocycles. The van der Waals surface area contributed by atoms with E-state index in [2.05, 4.69) is 15.6 Å². The fraction of sp³-hybridized carbons (Fsp3) is 0.615. The van der Waals surface area contributed by atoms with E-state index in [9.17, 15) is 14.7 Å². The fourth-order valence-electron chi connectivity index (χ4n) is 1.90. The number of anilines is 1. The zero-order valence-corrected chi connectivity index (χ0v) is 13.0. The molecule has 0 aliphatic heterocycles. The van der Waals surface area contributed by atoms with Crippen molar-refractivity contribution in [1.82, 2.24) is 10.3 Å². The van der Waals surface area contributed by atoms with Crippen LogP contribution in [0.15, 0.2) is 5.38 Å². The second-order valence-corrected chi connectivity index (χ2v) is 6.35. The Morgan fingerprint density at radius 2 is 2.15 bits per heavy atom. The standard InChI is InChI=1S/C13H21N3O3S/c1-8(2)5-13(4,19)7-14-11(18)10-6-20-12(16-10)15-9(3)17/h6,8,19H,5,7H2,1-4H3,(H,14,18)(H,15,16,17). The lowest BCUT2D eigenvalue weighted by molar-refractivity contribution is -0.114. The lowest BCUT2D eigenvalue weighted by atomic mass is 9.94. The number of aromatic nitrogens is 1. The molecule has 1 unspecified atom stereocenters. The molecule has 0 saturated heterocycles. The molecule has 2 amide bonds. The second-order valence-electron chi connectivity index (χ2n) is 5.50. The SMILES string of the molecule is CC(=O)Nc1nc(C(=O)NCC(C)(O)CC(C)C)cs1. The molecule has 1 rings (SSSR count). The van der Waals surface area contributed by atoms with Crippen LogP contribution in [0.3, 0.4) is 0 Å². The first-order valence-corrected chi connectivity index (χ1v) is 7.31.